The molecule has 2 bridgehead atoms. The first kappa shape index (κ1) is 24.6. The Labute approximate surface area is 208 Å². The highest BCUT2D eigenvalue weighted by Gasteiger charge is 2.41. The van der Waals surface area contributed by atoms with Crippen molar-refractivity contribution >= 4 is 23.4 Å². The first-order valence-corrected chi connectivity index (χ1v) is 11.4. The molecule has 11 nitrogen and oxygen atoms in total. The molecule has 0 radical (unpaired) electrons. The number of benzene rings is 1. The van der Waals surface area contributed by atoms with Gasteiger partial charge in [0, 0.05) is 18.7 Å². The van der Waals surface area contributed by atoms with Gasteiger partial charge in [0.2, 0.25) is 5.88 Å². The lowest BCUT2D eigenvalue weighted by atomic mass is 10.1. The number of aliphatic hydroxyl groups excluding tert-OH is 2. The van der Waals surface area contributed by atoms with Crippen molar-refractivity contribution in [3.8, 4) is 17.3 Å². The molecule has 1 fully saturated rings. The molecule has 0 aliphatic carbocycles. The average Bonchev–Trinajstić information content (AvgIpc) is 3.31. The van der Waals surface area contributed by atoms with Crippen LogP contribution in [0.3, 0.4) is 0 Å². The highest BCUT2D eigenvalue weighted by Crippen LogP contribution is 2.40. The topological polar surface area (TPSA) is 137 Å². The molecule has 2 atom stereocenters. The number of ether oxygens (including phenoxy) is 1. The summed E-state index contributed by atoms with van der Waals surface area (Å²) in [6.45, 7) is 0.613. The van der Waals surface area contributed by atoms with Crippen LogP contribution in [0, 0.1) is 0 Å². The first-order chi connectivity index (χ1) is 17.7. The molecular formula is C23H22F3N7O4. The van der Waals surface area contributed by atoms with E-state index in [-0.39, 0.29) is 35.7 Å². The summed E-state index contributed by atoms with van der Waals surface area (Å²) in [6.07, 6.45) is -0.843. The third-order valence-corrected chi connectivity index (χ3v) is 6.01. The second kappa shape index (κ2) is 9.78. The summed E-state index contributed by atoms with van der Waals surface area (Å²) < 4.78 is 44.8. The molecular weight excluding hydrogens is 495 g/mol. The summed E-state index contributed by atoms with van der Waals surface area (Å²) in [5.41, 5.74) is -0.0304. The van der Waals surface area contributed by atoms with E-state index in [1.165, 1.54) is 35.6 Å². The van der Waals surface area contributed by atoms with Gasteiger partial charge >= 0.3 is 12.2 Å². The maximum Gasteiger partial charge on any atom is 0.416 e. The summed E-state index contributed by atoms with van der Waals surface area (Å²) in [7, 11) is 0. The van der Waals surface area contributed by atoms with Crippen LogP contribution in [-0.4, -0.2) is 74.6 Å². The van der Waals surface area contributed by atoms with Gasteiger partial charge in [-0.15, -0.1) is 0 Å². The molecule has 3 N–H and O–H groups in total. The molecule has 37 heavy (non-hydrogen) atoms. The summed E-state index contributed by atoms with van der Waals surface area (Å²) >= 11 is 0. The standard InChI is InChI=1S/C23H22F3N7O4/c24-23(25,26)14-3-1-2-13(6-14)20-29-7-17-21(31-20)33(15-4-5-32(17)10-15)22(36)30-18-8-28-19(9-27-18)37-12-16(35)11-34/h1-3,6-9,15-16,34-35H,4-5,10-12H2,(H,27,30,36)/t15-,16-/m0/s1. The monoisotopic (exact) mass is 517 g/mol. The molecule has 2 aliphatic heterocycles. The van der Waals surface area contributed by atoms with Crippen LogP contribution in [0.5, 0.6) is 5.88 Å². The Hall–Kier alpha value is -4.04. The SMILES string of the molecule is O=C(Nc1cnc(OC[C@@H](O)CO)cn1)N1c2nc(-c3cccc(C(F)(F)F)c3)ncc2N2CC[C@H]1C2. The first-order valence-electron chi connectivity index (χ1n) is 11.4. The Morgan fingerprint density at radius 2 is 2.05 bits per heavy atom. The predicted octanol–water partition coefficient (Wildman–Crippen LogP) is 2.32. The number of aromatic nitrogens is 4. The second-order valence-corrected chi connectivity index (χ2v) is 8.56. The number of hydrogen-bond acceptors (Lipinski definition) is 9. The van der Waals surface area contributed by atoms with Gasteiger partial charge < -0.3 is 19.8 Å². The molecule has 1 saturated heterocycles. The number of urea groups is 1. The van der Waals surface area contributed by atoms with Crippen molar-refractivity contribution in [2.75, 3.05) is 41.4 Å². The van der Waals surface area contributed by atoms with Gasteiger partial charge in [-0.3, -0.25) is 10.2 Å². The Morgan fingerprint density at radius 3 is 2.78 bits per heavy atom. The summed E-state index contributed by atoms with van der Waals surface area (Å²) in [5, 5.41) is 20.9. The van der Waals surface area contributed by atoms with Crippen LogP contribution in [0.15, 0.2) is 42.9 Å². The van der Waals surface area contributed by atoms with E-state index in [2.05, 4.69) is 25.3 Å². The van der Waals surface area contributed by atoms with E-state index in [9.17, 15) is 23.1 Å². The number of rotatable bonds is 6. The van der Waals surface area contributed by atoms with Crippen molar-refractivity contribution in [1.29, 1.82) is 0 Å². The Kier molecular flexibility index (Phi) is 6.52. The van der Waals surface area contributed by atoms with Crippen LogP contribution in [0.1, 0.15) is 12.0 Å². The minimum absolute atomic E-state index is 0.0662. The highest BCUT2D eigenvalue weighted by atomic mass is 19.4. The Bertz CT molecular complexity index is 1290. The normalized spacial score (nSPS) is 17.4. The van der Waals surface area contributed by atoms with Crippen molar-refractivity contribution in [3.63, 3.8) is 0 Å². The number of nitrogens with one attached hydrogen (secondary N) is 1. The molecule has 2 aromatic heterocycles. The fourth-order valence-corrected chi connectivity index (χ4v) is 4.21. The molecule has 2 amide bonds. The lowest BCUT2D eigenvalue weighted by Gasteiger charge is -2.35. The molecule has 194 valence electrons. The largest absolute Gasteiger partial charge is 0.474 e. The van der Waals surface area contributed by atoms with Crippen molar-refractivity contribution in [3.05, 3.63) is 48.4 Å². The van der Waals surface area contributed by atoms with E-state index < -0.39 is 30.5 Å². The minimum Gasteiger partial charge on any atom is -0.474 e. The Morgan fingerprint density at radius 1 is 1.22 bits per heavy atom. The van der Waals surface area contributed by atoms with E-state index in [0.29, 0.717) is 31.0 Å². The molecule has 14 heteroatoms. The van der Waals surface area contributed by atoms with E-state index in [0.717, 1.165) is 12.1 Å². The molecule has 1 aromatic carbocycles. The smallest absolute Gasteiger partial charge is 0.416 e. The number of alkyl halides is 3. The van der Waals surface area contributed by atoms with Crippen LogP contribution in [0.25, 0.3) is 11.4 Å². The van der Waals surface area contributed by atoms with Gasteiger partial charge in [-0.1, -0.05) is 12.1 Å². The van der Waals surface area contributed by atoms with E-state index in [1.54, 1.807) is 0 Å². The summed E-state index contributed by atoms with van der Waals surface area (Å²) in [5.74, 6) is 0.587. The molecule has 3 aromatic rings. The van der Waals surface area contributed by atoms with E-state index >= 15 is 0 Å². The number of aliphatic hydroxyl groups is 2. The van der Waals surface area contributed by atoms with Crippen molar-refractivity contribution < 1.29 is 32.9 Å². The average molecular weight is 517 g/mol. The molecule has 4 heterocycles. The van der Waals surface area contributed by atoms with Crippen LogP contribution in [0.2, 0.25) is 0 Å². The molecule has 0 spiro atoms. The molecule has 5 rings (SSSR count). The molecule has 2 aliphatic rings. The van der Waals surface area contributed by atoms with Gasteiger partial charge in [0.1, 0.15) is 12.7 Å². The quantitative estimate of drug-likeness (QED) is 0.450. The number of carbonyl (C=O) groups is 1. The maximum absolute atomic E-state index is 13.3. The van der Waals surface area contributed by atoms with Crippen LogP contribution >= 0.6 is 0 Å². The second-order valence-electron chi connectivity index (χ2n) is 8.56. The molecule has 0 saturated carbocycles. The van der Waals surface area contributed by atoms with E-state index in [1.807, 2.05) is 4.90 Å². The third kappa shape index (κ3) is 5.11. The van der Waals surface area contributed by atoms with Crippen LogP contribution in [-0.2, 0) is 6.18 Å². The van der Waals surface area contributed by atoms with Gasteiger partial charge in [-0.25, -0.2) is 24.7 Å². The Balaban J connectivity index is 1.39. The number of halogens is 3. The summed E-state index contributed by atoms with van der Waals surface area (Å²) in [4.78, 5) is 33.7. The van der Waals surface area contributed by atoms with Crippen LogP contribution in [0.4, 0.5) is 35.3 Å². The lowest BCUT2D eigenvalue weighted by Crippen LogP contribution is -2.48. The minimum atomic E-state index is -4.51. The van der Waals surface area contributed by atoms with Gasteiger partial charge in [0.05, 0.1) is 42.5 Å². The van der Waals surface area contributed by atoms with E-state index in [4.69, 9.17) is 9.84 Å². The number of fused-ring (bicyclic) bond motifs is 4. The number of carbonyl (C=O) groups excluding carboxylic acids is 1. The number of anilines is 3. The number of hydrogen-bond donors (Lipinski definition) is 3. The summed E-state index contributed by atoms with van der Waals surface area (Å²) in [6, 6.07) is 3.99. The van der Waals surface area contributed by atoms with Gasteiger partial charge in [-0.05, 0) is 18.6 Å². The zero-order chi connectivity index (χ0) is 26.2. The van der Waals surface area contributed by atoms with Crippen molar-refractivity contribution in [2.45, 2.75) is 24.7 Å². The third-order valence-electron chi connectivity index (χ3n) is 6.01. The fourth-order valence-electron chi connectivity index (χ4n) is 4.21. The number of amides is 2. The van der Waals surface area contributed by atoms with Crippen molar-refractivity contribution in [2.24, 2.45) is 0 Å². The molecule has 0 unspecified atom stereocenters. The lowest BCUT2D eigenvalue weighted by molar-refractivity contribution is -0.137. The predicted molar refractivity (Wildman–Crippen MR) is 125 cm³/mol. The maximum atomic E-state index is 13.3. The fraction of sp³-hybridized carbons (Fsp3) is 0.348. The zero-order valence-corrected chi connectivity index (χ0v) is 19.3. The highest BCUT2D eigenvalue weighted by molar-refractivity contribution is 6.04. The van der Waals surface area contributed by atoms with Gasteiger partial charge in [-0.2, -0.15) is 13.2 Å². The van der Waals surface area contributed by atoms with Crippen LogP contribution < -0.4 is 19.9 Å². The van der Waals surface area contributed by atoms with Gasteiger partial charge in [0.15, 0.2) is 17.5 Å². The van der Waals surface area contributed by atoms with Gasteiger partial charge in [0.25, 0.3) is 0 Å². The van der Waals surface area contributed by atoms with Crippen molar-refractivity contribution in [1.82, 2.24) is 19.9 Å². The number of nitrogens with zero attached hydrogens (tertiary/aromatic N) is 6. The zero-order valence-electron chi connectivity index (χ0n) is 19.3.